The molecule has 0 aromatic carbocycles. The molecule has 0 saturated heterocycles. The lowest BCUT2D eigenvalue weighted by Gasteiger charge is -2.17. The number of hydrogen-bond donors (Lipinski definition) is 1. The van der Waals surface area contributed by atoms with Gasteiger partial charge in [-0.15, -0.1) is 11.3 Å². The second kappa shape index (κ2) is 4.64. The van der Waals surface area contributed by atoms with E-state index in [1.54, 1.807) is 17.6 Å². The van der Waals surface area contributed by atoms with Crippen molar-refractivity contribution in [2.45, 2.75) is 25.9 Å². The molecule has 15 heavy (non-hydrogen) atoms. The van der Waals surface area contributed by atoms with Crippen molar-refractivity contribution in [2.24, 2.45) is 0 Å². The third-order valence-corrected chi connectivity index (χ3v) is 3.49. The molecule has 0 aliphatic heterocycles. The standard InChI is InChI=1S/C12H15NOS/c1-9(11-5-3-7-14-11)13-10(2)12-6-4-8-15-12/h3-10,13H,1-2H3/t9?,10-/m1/s1. The average molecular weight is 221 g/mol. The Labute approximate surface area is 93.9 Å². The van der Waals surface area contributed by atoms with Crippen molar-refractivity contribution in [3.8, 4) is 0 Å². The molecule has 1 unspecified atom stereocenters. The zero-order chi connectivity index (χ0) is 10.7. The van der Waals surface area contributed by atoms with Crippen LogP contribution in [0.4, 0.5) is 0 Å². The van der Waals surface area contributed by atoms with Gasteiger partial charge >= 0.3 is 0 Å². The van der Waals surface area contributed by atoms with Crippen LogP contribution in [0, 0.1) is 0 Å². The number of nitrogens with one attached hydrogen (secondary N) is 1. The van der Waals surface area contributed by atoms with Crippen LogP contribution in [0.5, 0.6) is 0 Å². The Morgan fingerprint density at radius 1 is 1.20 bits per heavy atom. The molecule has 2 nitrogen and oxygen atoms in total. The predicted octanol–water partition coefficient (Wildman–Crippen LogP) is 3.75. The van der Waals surface area contributed by atoms with E-state index in [2.05, 4.69) is 36.7 Å². The Morgan fingerprint density at radius 3 is 2.67 bits per heavy atom. The Kier molecular flexibility index (Phi) is 3.23. The molecule has 0 amide bonds. The highest BCUT2D eigenvalue weighted by atomic mass is 32.1. The van der Waals surface area contributed by atoms with Crippen LogP contribution in [0.1, 0.15) is 36.6 Å². The summed E-state index contributed by atoms with van der Waals surface area (Å²) in [4.78, 5) is 1.36. The minimum atomic E-state index is 0.247. The smallest absolute Gasteiger partial charge is 0.120 e. The van der Waals surface area contributed by atoms with Gasteiger partial charge in [0.15, 0.2) is 0 Å². The van der Waals surface area contributed by atoms with Crippen molar-refractivity contribution < 1.29 is 4.42 Å². The Hall–Kier alpha value is -1.06. The van der Waals surface area contributed by atoms with Crippen molar-refractivity contribution in [3.05, 3.63) is 46.5 Å². The molecule has 0 fully saturated rings. The van der Waals surface area contributed by atoms with Gasteiger partial charge in [0.1, 0.15) is 5.76 Å². The molecular formula is C12H15NOS. The van der Waals surface area contributed by atoms with E-state index in [9.17, 15) is 0 Å². The van der Waals surface area contributed by atoms with Crippen LogP contribution < -0.4 is 5.32 Å². The molecule has 0 radical (unpaired) electrons. The zero-order valence-corrected chi connectivity index (χ0v) is 9.75. The summed E-state index contributed by atoms with van der Waals surface area (Å²) in [5.41, 5.74) is 0. The SMILES string of the molecule is CC(N[C@H](C)c1cccs1)c1ccco1. The van der Waals surface area contributed by atoms with Crippen molar-refractivity contribution >= 4 is 11.3 Å². The molecule has 2 aromatic rings. The fraction of sp³-hybridized carbons (Fsp3) is 0.333. The fourth-order valence-corrected chi connectivity index (χ4v) is 2.36. The topological polar surface area (TPSA) is 25.2 Å². The highest BCUT2D eigenvalue weighted by Crippen LogP contribution is 2.22. The van der Waals surface area contributed by atoms with Crippen LogP contribution in [-0.4, -0.2) is 0 Å². The van der Waals surface area contributed by atoms with E-state index in [0.29, 0.717) is 6.04 Å². The van der Waals surface area contributed by atoms with E-state index in [-0.39, 0.29) is 6.04 Å². The zero-order valence-electron chi connectivity index (χ0n) is 8.94. The summed E-state index contributed by atoms with van der Waals surface area (Å²) < 4.78 is 5.35. The molecule has 0 bridgehead atoms. The fourth-order valence-electron chi connectivity index (χ4n) is 1.61. The largest absolute Gasteiger partial charge is 0.468 e. The monoisotopic (exact) mass is 221 g/mol. The first-order chi connectivity index (χ1) is 7.27. The minimum absolute atomic E-state index is 0.247. The maximum Gasteiger partial charge on any atom is 0.120 e. The van der Waals surface area contributed by atoms with E-state index in [1.807, 2.05) is 12.1 Å². The van der Waals surface area contributed by atoms with Crippen molar-refractivity contribution in [3.63, 3.8) is 0 Å². The molecule has 2 heterocycles. The summed E-state index contributed by atoms with van der Waals surface area (Å²) >= 11 is 1.78. The lowest BCUT2D eigenvalue weighted by Crippen LogP contribution is -2.21. The summed E-state index contributed by atoms with van der Waals surface area (Å²) in [6.45, 7) is 4.29. The number of rotatable bonds is 4. The first-order valence-corrected chi connectivity index (χ1v) is 5.98. The van der Waals surface area contributed by atoms with Gasteiger partial charge in [0.05, 0.1) is 12.3 Å². The lowest BCUT2D eigenvalue weighted by molar-refractivity contribution is 0.405. The van der Waals surface area contributed by atoms with Gasteiger partial charge < -0.3 is 9.73 Å². The molecule has 80 valence electrons. The van der Waals surface area contributed by atoms with Crippen LogP contribution in [0.2, 0.25) is 0 Å². The first-order valence-electron chi connectivity index (χ1n) is 5.10. The molecule has 0 aliphatic rings. The molecule has 2 aromatic heterocycles. The molecule has 2 atom stereocenters. The maximum atomic E-state index is 5.35. The molecule has 3 heteroatoms. The van der Waals surface area contributed by atoms with E-state index in [1.165, 1.54) is 4.88 Å². The van der Waals surface area contributed by atoms with Gasteiger partial charge in [-0.1, -0.05) is 6.07 Å². The molecule has 0 aliphatic carbocycles. The predicted molar refractivity (Wildman–Crippen MR) is 63.0 cm³/mol. The summed E-state index contributed by atoms with van der Waals surface area (Å²) in [5, 5.41) is 5.60. The highest BCUT2D eigenvalue weighted by Gasteiger charge is 2.13. The van der Waals surface area contributed by atoms with Crippen LogP contribution in [0.15, 0.2) is 40.3 Å². The van der Waals surface area contributed by atoms with Gasteiger partial charge in [0.2, 0.25) is 0 Å². The molecule has 0 spiro atoms. The number of hydrogen-bond acceptors (Lipinski definition) is 3. The van der Waals surface area contributed by atoms with E-state index in [0.717, 1.165) is 5.76 Å². The quantitative estimate of drug-likeness (QED) is 0.850. The van der Waals surface area contributed by atoms with E-state index < -0.39 is 0 Å². The average Bonchev–Trinajstić information content (AvgIpc) is 2.91. The summed E-state index contributed by atoms with van der Waals surface area (Å²) in [5.74, 6) is 0.985. The van der Waals surface area contributed by atoms with E-state index in [4.69, 9.17) is 4.42 Å². The van der Waals surface area contributed by atoms with Gasteiger partial charge in [-0.25, -0.2) is 0 Å². The van der Waals surface area contributed by atoms with Crippen LogP contribution in [0.25, 0.3) is 0 Å². The minimum Gasteiger partial charge on any atom is -0.468 e. The van der Waals surface area contributed by atoms with Gasteiger partial charge in [-0.2, -0.15) is 0 Å². The third kappa shape index (κ3) is 2.49. The molecule has 0 saturated carbocycles. The van der Waals surface area contributed by atoms with E-state index >= 15 is 0 Å². The highest BCUT2D eigenvalue weighted by molar-refractivity contribution is 7.10. The van der Waals surface area contributed by atoms with Gasteiger partial charge in [-0.05, 0) is 37.4 Å². The second-order valence-corrected chi connectivity index (χ2v) is 4.62. The van der Waals surface area contributed by atoms with Crippen molar-refractivity contribution in [1.82, 2.24) is 5.32 Å². The first kappa shape index (κ1) is 10.5. The van der Waals surface area contributed by atoms with Gasteiger partial charge in [-0.3, -0.25) is 0 Å². The van der Waals surface area contributed by atoms with Gasteiger partial charge in [0.25, 0.3) is 0 Å². The van der Waals surface area contributed by atoms with Crippen molar-refractivity contribution in [1.29, 1.82) is 0 Å². The second-order valence-electron chi connectivity index (χ2n) is 3.64. The van der Waals surface area contributed by atoms with Crippen LogP contribution in [0.3, 0.4) is 0 Å². The third-order valence-electron chi connectivity index (χ3n) is 2.44. The molecular weight excluding hydrogens is 206 g/mol. The Bertz CT molecular complexity index is 341. The summed E-state index contributed by atoms with van der Waals surface area (Å²) in [7, 11) is 0. The van der Waals surface area contributed by atoms with Crippen LogP contribution >= 0.6 is 11.3 Å². The lowest BCUT2D eigenvalue weighted by atomic mass is 10.2. The molecule has 2 rings (SSSR count). The summed E-state index contributed by atoms with van der Waals surface area (Å²) in [6, 6.07) is 8.76. The summed E-state index contributed by atoms with van der Waals surface area (Å²) in [6.07, 6.45) is 1.71. The number of furan rings is 1. The van der Waals surface area contributed by atoms with Gasteiger partial charge in [0, 0.05) is 10.9 Å². The Morgan fingerprint density at radius 2 is 2.07 bits per heavy atom. The normalized spacial score (nSPS) is 15.1. The maximum absolute atomic E-state index is 5.35. The Balaban J connectivity index is 1.98. The molecule has 1 N–H and O–H groups in total. The van der Waals surface area contributed by atoms with Crippen LogP contribution in [-0.2, 0) is 0 Å². The number of thiophene rings is 1. The van der Waals surface area contributed by atoms with Crippen molar-refractivity contribution in [2.75, 3.05) is 0 Å².